The SMILES string of the molecule is CCc1nsc(N(C)CCC#N)n1. The van der Waals surface area contributed by atoms with E-state index in [9.17, 15) is 0 Å². The number of aryl methyl sites for hydroxylation is 1. The molecule has 0 saturated heterocycles. The largest absolute Gasteiger partial charge is 0.349 e. The van der Waals surface area contributed by atoms with Crippen LogP contribution in [0.2, 0.25) is 0 Å². The topological polar surface area (TPSA) is 52.8 Å². The summed E-state index contributed by atoms with van der Waals surface area (Å²) in [6.45, 7) is 2.75. The Bertz CT molecular complexity index is 301. The minimum Gasteiger partial charge on any atom is -0.349 e. The Morgan fingerprint density at radius 3 is 2.92 bits per heavy atom. The molecule has 5 heteroatoms. The minimum atomic E-state index is 0.525. The molecule has 0 N–H and O–H groups in total. The van der Waals surface area contributed by atoms with Gasteiger partial charge in [-0.25, -0.2) is 4.98 Å². The van der Waals surface area contributed by atoms with Crippen LogP contribution in [0.25, 0.3) is 0 Å². The van der Waals surface area contributed by atoms with E-state index in [-0.39, 0.29) is 0 Å². The number of rotatable bonds is 4. The molecular formula is C8H12N4S. The highest BCUT2D eigenvalue weighted by Gasteiger charge is 2.06. The second-order valence-corrected chi connectivity index (χ2v) is 3.41. The van der Waals surface area contributed by atoms with E-state index < -0.39 is 0 Å². The van der Waals surface area contributed by atoms with Gasteiger partial charge in [0.05, 0.1) is 12.5 Å². The van der Waals surface area contributed by atoms with E-state index in [1.807, 2.05) is 18.9 Å². The lowest BCUT2D eigenvalue weighted by molar-refractivity contribution is 0.887. The van der Waals surface area contributed by atoms with Crippen molar-refractivity contribution in [2.75, 3.05) is 18.5 Å². The first-order chi connectivity index (χ1) is 6.27. The van der Waals surface area contributed by atoms with Crippen molar-refractivity contribution in [1.82, 2.24) is 9.36 Å². The van der Waals surface area contributed by atoms with Crippen LogP contribution in [0, 0.1) is 11.3 Å². The maximum atomic E-state index is 8.40. The molecule has 0 atom stereocenters. The van der Waals surface area contributed by atoms with Crippen molar-refractivity contribution in [2.24, 2.45) is 0 Å². The predicted molar refractivity (Wildman–Crippen MR) is 52.8 cm³/mol. The second-order valence-electron chi connectivity index (χ2n) is 2.68. The smallest absolute Gasteiger partial charge is 0.204 e. The number of hydrogen-bond donors (Lipinski definition) is 0. The molecule has 70 valence electrons. The molecule has 4 nitrogen and oxygen atoms in total. The zero-order valence-electron chi connectivity index (χ0n) is 7.82. The van der Waals surface area contributed by atoms with Gasteiger partial charge < -0.3 is 4.90 Å². The molecule has 1 rings (SSSR count). The summed E-state index contributed by atoms with van der Waals surface area (Å²) in [6, 6.07) is 2.10. The predicted octanol–water partition coefficient (Wildman–Crippen LogP) is 1.45. The van der Waals surface area contributed by atoms with Crippen molar-refractivity contribution in [3.63, 3.8) is 0 Å². The highest BCUT2D eigenvalue weighted by Crippen LogP contribution is 2.15. The molecule has 0 aliphatic rings. The Morgan fingerprint density at radius 2 is 2.38 bits per heavy atom. The Morgan fingerprint density at radius 1 is 1.62 bits per heavy atom. The fourth-order valence-electron chi connectivity index (χ4n) is 0.857. The fraction of sp³-hybridized carbons (Fsp3) is 0.625. The first-order valence-corrected chi connectivity index (χ1v) is 4.96. The summed E-state index contributed by atoms with van der Waals surface area (Å²) < 4.78 is 4.17. The van der Waals surface area contributed by atoms with Gasteiger partial charge in [-0.2, -0.15) is 9.64 Å². The monoisotopic (exact) mass is 196 g/mol. The fourth-order valence-corrected chi connectivity index (χ4v) is 1.59. The highest BCUT2D eigenvalue weighted by molar-refractivity contribution is 7.09. The summed E-state index contributed by atoms with van der Waals surface area (Å²) >= 11 is 1.39. The third-order valence-corrected chi connectivity index (χ3v) is 2.53. The molecule has 1 aromatic rings. The van der Waals surface area contributed by atoms with Crippen LogP contribution >= 0.6 is 11.5 Å². The van der Waals surface area contributed by atoms with Gasteiger partial charge in [0.15, 0.2) is 0 Å². The van der Waals surface area contributed by atoms with E-state index >= 15 is 0 Å². The molecule has 0 unspecified atom stereocenters. The third kappa shape index (κ3) is 2.67. The first-order valence-electron chi connectivity index (χ1n) is 4.18. The van der Waals surface area contributed by atoms with Gasteiger partial charge in [0.2, 0.25) is 5.13 Å². The summed E-state index contributed by atoms with van der Waals surface area (Å²) in [7, 11) is 1.93. The van der Waals surface area contributed by atoms with E-state index in [1.165, 1.54) is 11.5 Å². The molecule has 0 aromatic carbocycles. The van der Waals surface area contributed by atoms with Gasteiger partial charge in [0.1, 0.15) is 5.82 Å². The normalized spacial score (nSPS) is 9.62. The number of aromatic nitrogens is 2. The van der Waals surface area contributed by atoms with Gasteiger partial charge in [-0.15, -0.1) is 0 Å². The lowest BCUT2D eigenvalue weighted by Crippen LogP contribution is -2.17. The summed E-state index contributed by atoms with van der Waals surface area (Å²) in [6.07, 6.45) is 1.39. The van der Waals surface area contributed by atoms with Crippen LogP contribution in [0.3, 0.4) is 0 Å². The Hall–Kier alpha value is -1.15. The molecule has 0 spiro atoms. The van der Waals surface area contributed by atoms with E-state index in [4.69, 9.17) is 5.26 Å². The standard InChI is InChI=1S/C8H12N4S/c1-3-7-10-8(13-11-7)12(2)6-4-5-9/h3-4,6H2,1-2H3. The second kappa shape index (κ2) is 4.77. The number of hydrogen-bond acceptors (Lipinski definition) is 5. The van der Waals surface area contributed by atoms with E-state index in [2.05, 4.69) is 15.4 Å². The van der Waals surface area contributed by atoms with Gasteiger partial charge in [0.25, 0.3) is 0 Å². The molecule has 0 aliphatic carbocycles. The van der Waals surface area contributed by atoms with Crippen molar-refractivity contribution in [2.45, 2.75) is 19.8 Å². The zero-order chi connectivity index (χ0) is 9.68. The molecule has 1 aromatic heterocycles. The van der Waals surface area contributed by atoms with E-state index in [1.54, 1.807) is 0 Å². The minimum absolute atomic E-state index is 0.525. The van der Waals surface area contributed by atoms with Gasteiger partial charge in [-0.1, -0.05) is 6.92 Å². The van der Waals surface area contributed by atoms with Crippen LogP contribution in [0.4, 0.5) is 5.13 Å². The van der Waals surface area contributed by atoms with Crippen molar-refractivity contribution < 1.29 is 0 Å². The molecule has 0 amide bonds. The van der Waals surface area contributed by atoms with Gasteiger partial charge in [-0.3, -0.25) is 0 Å². The first kappa shape index (κ1) is 9.93. The van der Waals surface area contributed by atoms with Crippen LogP contribution in [0.15, 0.2) is 0 Å². The summed E-state index contributed by atoms with van der Waals surface area (Å²) in [5.41, 5.74) is 0. The van der Waals surface area contributed by atoms with Crippen LogP contribution in [0.1, 0.15) is 19.2 Å². The van der Waals surface area contributed by atoms with Gasteiger partial charge >= 0.3 is 0 Å². The average Bonchev–Trinajstić information content (AvgIpc) is 2.62. The van der Waals surface area contributed by atoms with Crippen LogP contribution in [-0.2, 0) is 6.42 Å². The van der Waals surface area contributed by atoms with Crippen molar-refractivity contribution in [3.8, 4) is 6.07 Å². The zero-order valence-corrected chi connectivity index (χ0v) is 8.63. The van der Waals surface area contributed by atoms with Crippen LogP contribution in [0.5, 0.6) is 0 Å². The number of anilines is 1. The number of nitrogens with zero attached hydrogens (tertiary/aromatic N) is 4. The lowest BCUT2D eigenvalue weighted by atomic mass is 10.4. The lowest BCUT2D eigenvalue weighted by Gasteiger charge is -2.11. The maximum absolute atomic E-state index is 8.40. The van der Waals surface area contributed by atoms with Gasteiger partial charge in [0, 0.05) is 31.5 Å². The van der Waals surface area contributed by atoms with E-state index in [0.717, 1.165) is 23.9 Å². The molecule has 0 fully saturated rings. The molecule has 0 bridgehead atoms. The Labute approximate surface area is 82.0 Å². The summed E-state index contributed by atoms with van der Waals surface area (Å²) in [4.78, 5) is 6.26. The van der Waals surface area contributed by atoms with E-state index in [0.29, 0.717) is 6.42 Å². The van der Waals surface area contributed by atoms with Crippen molar-refractivity contribution >= 4 is 16.7 Å². The molecule has 0 saturated carbocycles. The van der Waals surface area contributed by atoms with Gasteiger partial charge in [-0.05, 0) is 0 Å². The van der Waals surface area contributed by atoms with Crippen LogP contribution in [-0.4, -0.2) is 22.9 Å². The quantitative estimate of drug-likeness (QED) is 0.731. The van der Waals surface area contributed by atoms with Crippen molar-refractivity contribution in [1.29, 1.82) is 5.26 Å². The molecule has 1 heterocycles. The number of nitriles is 1. The Balaban J connectivity index is 2.56. The van der Waals surface area contributed by atoms with Crippen molar-refractivity contribution in [3.05, 3.63) is 5.82 Å². The molecule has 0 radical (unpaired) electrons. The Kier molecular flexibility index (Phi) is 3.65. The molecule has 0 aliphatic heterocycles. The highest BCUT2D eigenvalue weighted by atomic mass is 32.1. The average molecular weight is 196 g/mol. The molecular weight excluding hydrogens is 184 g/mol. The maximum Gasteiger partial charge on any atom is 0.204 e. The van der Waals surface area contributed by atoms with Crippen LogP contribution < -0.4 is 4.90 Å². The summed E-state index contributed by atoms with van der Waals surface area (Å²) in [5, 5.41) is 9.30. The summed E-state index contributed by atoms with van der Waals surface area (Å²) in [5.74, 6) is 0.879. The molecule has 13 heavy (non-hydrogen) atoms. The third-order valence-electron chi connectivity index (χ3n) is 1.66.